The lowest BCUT2D eigenvalue weighted by Gasteiger charge is -2.14. The molecule has 1 saturated carbocycles. The highest BCUT2D eigenvalue weighted by molar-refractivity contribution is 7.91. The molecule has 8 nitrogen and oxygen atoms in total. The monoisotopic (exact) mass is 483 g/mol. The van der Waals surface area contributed by atoms with Crippen molar-refractivity contribution in [1.82, 2.24) is 14.5 Å². The maximum absolute atomic E-state index is 15.1. The van der Waals surface area contributed by atoms with Crippen molar-refractivity contribution < 1.29 is 17.2 Å². The van der Waals surface area contributed by atoms with Crippen molar-refractivity contribution in [3.05, 3.63) is 82.3 Å². The SMILES string of the molecule is Nc1ncc2cc(-c3ccc(NS(=O)(=O)Cc4ccccc4)c(F)c3F)c(=O)n(C3CC3)c2n1. The summed E-state index contributed by atoms with van der Waals surface area (Å²) in [5.74, 6) is -3.15. The summed E-state index contributed by atoms with van der Waals surface area (Å²) in [5.41, 5.74) is 5.04. The van der Waals surface area contributed by atoms with E-state index in [0.29, 0.717) is 16.6 Å². The van der Waals surface area contributed by atoms with Gasteiger partial charge in [0.05, 0.1) is 17.0 Å². The Kier molecular flexibility index (Phi) is 5.28. The quantitative estimate of drug-likeness (QED) is 0.432. The van der Waals surface area contributed by atoms with Crippen LogP contribution in [0, 0.1) is 11.6 Å². The Bertz CT molecular complexity index is 1590. The summed E-state index contributed by atoms with van der Waals surface area (Å²) >= 11 is 0. The first-order valence-corrected chi connectivity index (χ1v) is 12.1. The van der Waals surface area contributed by atoms with Crippen LogP contribution in [0.4, 0.5) is 20.4 Å². The fourth-order valence-electron chi connectivity index (χ4n) is 3.83. The molecule has 0 amide bonds. The summed E-state index contributed by atoms with van der Waals surface area (Å²) in [6, 6.07) is 11.9. The second kappa shape index (κ2) is 8.17. The Labute approximate surface area is 193 Å². The first kappa shape index (κ1) is 22.0. The van der Waals surface area contributed by atoms with Gasteiger partial charge in [0, 0.05) is 23.2 Å². The van der Waals surface area contributed by atoms with E-state index < -0.39 is 38.7 Å². The number of hydrogen-bond donors (Lipinski definition) is 2. The molecule has 0 aliphatic heterocycles. The van der Waals surface area contributed by atoms with E-state index in [1.165, 1.54) is 22.9 Å². The number of nitrogens with two attached hydrogens (primary N) is 1. The van der Waals surface area contributed by atoms with Crippen molar-refractivity contribution >= 4 is 32.7 Å². The number of anilines is 2. The molecular formula is C23H19F2N5O3S. The van der Waals surface area contributed by atoms with Gasteiger partial charge in [-0.1, -0.05) is 30.3 Å². The highest BCUT2D eigenvalue weighted by Gasteiger charge is 2.29. The number of halogens is 2. The Morgan fingerprint density at radius 1 is 1.06 bits per heavy atom. The number of aromatic nitrogens is 3. The average molecular weight is 484 g/mol. The molecule has 3 N–H and O–H groups in total. The molecule has 2 heterocycles. The molecule has 34 heavy (non-hydrogen) atoms. The van der Waals surface area contributed by atoms with Gasteiger partial charge in [0.25, 0.3) is 5.56 Å². The van der Waals surface area contributed by atoms with Gasteiger partial charge >= 0.3 is 0 Å². The van der Waals surface area contributed by atoms with Crippen molar-refractivity contribution in [3.8, 4) is 11.1 Å². The van der Waals surface area contributed by atoms with Crippen molar-refractivity contribution in [2.75, 3.05) is 10.5 Å². The molecular weight excluding hydrogens is 464 g/mol. The molecule has 0 saturated heterocycles. The number of sulfonamides is 1. The number of rotatable bonds is 6. The van der Waals surface area contributed by atoms with Gasteiger partial charge in [-0.2, -0.15) is 4.98 Å². The van der Waals surface area contributed by atoms with Crippen LogP contribution in [0.25, 0.3) is 22.2 Å². The molecule has 2 aromatic carbocycles. The fourth-order valence-corrected chi connectivity index (χ4v) is 5.03. The van der Waals surface area contributed by atoms with Crippen molar-refractivity contribution in [2.24, 2.45) is 0 Å². The van der Waals surface area contributed by atoms with E-state index in [1.54, 1.807) is 30.3 Å². The molecule has 0 bridgehead atoms. The number of nitrogens with zero attached hydrogens (tertiary/aromatic N) is 3. The first-order valence-electron chi connectivity index (χ1n) is 10.4. The van der Waals surface area contributed by atoms with E-state index in [0.717, 1.165) is 18.9 Å². The predicted octanol–water partition coefficient (Wildman–Crippen LogP) is 3.60. The van der Waals surface area contributed by atoms with Crippen LogP contribution >= 0.6 is 0 Å². The van der Waals surface area contributed by atoms with Crippen molar-refractivity contribution in [2.45, 2.75) is 24.6 Å². The largest absolute Gasteiger partial charge is 0.368 e. The van der Waals surface area contributed by atoms with Crippen molar-refractivity contribution in [1.29, 1.82) is 0 Å². The van der Waals surface area contributed by atoms with Crippen LogP contribution in [0.2, 0.25) is 0 Å². The van der Waals surface area contributed by atoms with Gasteiger partial charge < -0.3 is 5.73 Å². The molecule has 1 aliphatic rings. The summed E-state index contributed by atoms with van der Waals surface area (Å²) in [4.78, 5) is 21.3. The highest BCUT2D eigenvalue weighted by Crippen LogP contribution is 2.37. The summed E-state index contributed by atoms with van der Waals surface area (Å²) in [6.07, 6.45) is 2.92. The van der Waals surface area contributed by atoms with E-state index in [4.69, 9.17) is 5.73 Å². The molecule has 4 aromatic rings. The molecule has 0 radical (unpaired) electrons. The zero-order chi connectivity index (χ0) is 24.0. The van der Waals surface area contributed by atoms with Gasteiger partial charge in [-0.05, 0) is 36.6 Å². The lowest BCUT2D eigenvalue weighted by molar-refractivity contribution is 0.514. The zero-order valence-corrected chi connectivity index (χ0v) is 18.5. The third-order valence-electron chi connectivity index (χ3n) is 5.54. The van der Waals surface area contributed by atoms with Crippen LogP contribution in [0.3, 0.4) is 0 Å². The Morgan fingerprint density at radius 3 is 2.50 bits per heavy atom. The lowest BCUT2D eigenvalue weighted by atomic mass is 10.0. The standard InChI is InChI=1S/C23H19F2N5O3S/c24-19-16(8-9-18(20(19)25)29-34(32,33)12-13-4-2-1-3-5-13)17-10-14-11-27-23(26)28-21(14)30(22(17)31)15-6-7-15/h1-5,8-11,15,29H,6-7,12H2,(H2,26,27,28). The zero-order valence-electron chi connectivity index (χ0n) is 17.7. The maximum atomic E-state index is 15.1. The lowest BCUT2D eigenvalue weighted by Crippen LogP contribution is -2.23. The third kappa shape index (κ3) is 4.10. The van der Waals surface area contributed by atoms with E-state index in [9.17, 15) is 17.6 Å². The Hall–Kier alpha value is -3.86. The molecule has 0 atom stereocenters. The summed E-state index contributed by atoms with van der Waals surface area (Å²) in [5, 5.41) is 0.447. The Balaban J connectivity index is 1.55. The van der Waals surface area contributed by atoms with Crippen LogP contribution in [0.1, 0.15) is 24.4 Å². The molecule has 1 fully saturated rings. The van der Waals surface area contributed by atoms with Crippen LogP contribution in [-0.4, -0.2) is 23.0 Å². The number of fused-ring (bicyclic) bond motifs is 1. The Morgan fingerprint density at radius 2 is 1.79 bits per heavy atom. The van der Waals surface area contributed by atoms with Gasteiger partial charge in [-0.15, -0.1) is 0 Å². The van der Waals surface area contributed by atoms with Gasteiger partial charge in [0.1, 0.15) is 5.65 Å². The van der Waals surface area contributed by atoms with Crippen molar-refractivity contribution in [3.63, 3.8) is 0 Å². The molecule has 2 aromatic heterocycles. The summed E-state index contributed by atoms with van der Waals surface area (Å²) in [6.45, 7) is 0. The minimum Gasteiger partial charge on any atom is -0.368 e. The summed E-state index contributed by atoms with van der Waals surface area (Å²) in [7, 11) is -4.01. The van der Waals surface area contributed by atoms with E-state index >= 15 is 4.39 Å². The van der Waals surface area contributed by atoms with E-state index in [2.05, 4.69) is 14.7 Å². The molecule has 0 spiro atoms. The third-order valence-corrected chi connectivity index (χ3v) is 6.79. The number of hydrogen-bond acceptors (Lipinski definition) is 6. The smallest absolute Gasteiger partial charge is 0.260 e. The predicted molar refractivity (Wildman–Crippen MR) is 125 cm³/mol. The van der Waals surface area contributed by atoms with Crippen LogP contribution in [-0.2, 0) is 15.8 Å². The van der Waals surface area contributed by atoms with Gasteiger partial charge in [0.2, 0.25) is 16.0 Å². The normalized spacial score (nSPS) is 13.8. The first-order chi connectivity index (χ1) is 16.2. The van der Waals surface area contributed by atoms with Gasteiger partial charge in [-0.3, -0.25) is 14.1 Å². The average Bonchev–Trinajstić information content (AvgIpc) is 3.62. The number of nitrogens with one attached hydrogen (secondary N) is 1. The van der Waals surface area contributed by atoms with Gasteiger partial charge in [0.15, 0.2) is 11.6 Å². The van der Waals surface area contributed by atoms with E-state index in [1.807, 2.05) is 0 Å². The fraction of sp³-hybridized carbons (Fsp3) is 0.174. The van der Waals surface area contributed by atoms with Crippen LogP contribution in [0.5, 0.6) is 0 Å². The second-order valence-electron chi connectivity index (χ2n) is 8.11. The van der Waals surface area contributed by atoms with Crippen LogP contribution < -0.4 is 16.0 Å². The number of benzene rings is 2. The van der Waals surface area contributed by atoms with Gasteiger partial charge in [-0.25, -0.2) is 22.2 Å². The minimum absolute atomic E-state index is 0.00147. The maximum Gasteiger partial charge on any atom is 0.260 e. The molecule has 1 aliphatic carbocycles. The second-order valence-corrected chi connectivity index (χ2v) is 9.83. The molecule has 174 valence electrons. The number of pyridine rings is 1. The topological polar surface area (TPSA) is 120 Å². The molecule has 11 heteroatoms. The molecule has 5 rings (SSSR count). The summed E-state index contributed by atoms with van der Waals surface area (Å²) < 4.78 is 58.5. The highest BCUT2D eigenvalue weighted by atomic mass is 32.2. The van der Waals surface area contributed by atoms with E-state index in [-0.39, 0.29) is 23.1 Å². The molecule has 0 unspecified atom stereocenters. The number of nitrogen functional groups attached to an aromatic ring is 1. The van der Waals surface area contributed by atoms with Crippen LogP contribution in [0.15, 0.2) is 59.5 Å². The minimum atomic E-state index is -4.01.